The molecule has 0 aromatic heterocycles. The van der Waals surface area contributed by atoms with Crippen molar-refractivity contribution in [2.75, 3.05) is 4.90 Å². The largest absolute Gasteiger partial charge is 0.310 e. The Morgan fingerprint density at radius 1 is 0.286 bits per heavy atom. The molecule has 2 spiro atoms. The maximum Gasteiger partial charge on any atom is 0.0726 e. The number of rotatable bonds is 4. The molecule has 0 aliphatic heterocycles. The number of hydrogen-bond acceptors (Lipinski definition) is 1. The summed E-state index contributed by atoms with van der Waals surface area (Å²) in [4.78, 5) is 2.48. The van der Waals surface area contributed by atoms with Gasteiger partial charge in [0.1, 0.15) is 0 Å². The summed E-state index contributed by atoms with van der Waals surface area (Å²) in [6, 6.07) is 68.5. The van der Waals surface area contributed by atoms with Crippen molar-refractivity contribution in [2.45, 2.75) is 143 Å². The van der Waals surface area contributed by atoms with Gasteiger partial charge in [-0.1, -0.05) is 222 Å². The average Bonchev–Trinajstić information content (AvgIpc) is 4.00. The maximum atomic E-state index is 2.71. The molecule has 0 saturated carbocycles. The van der Waals surface area contributed by atoms with E-state index in [1.165, 1.54) is 128 Å². The van der Waals surface area contributed by atoms with Gasteiger partial charge in [-0.25, -0.2) is 0 Å². The van der Waals surface area contributed by atoms with Crippen molar-refractivity contribution in [2.24, 2.45) is 0 Å². The number of benzene rings is 9. The van der Waals surface area contributed by atoms with Crippen LogP contribution in [-0.2, 0) is 38.9 Å². The van der Waals surface area contributed by atoms with Crippen LogP contribution in [0.25, 0.3) is 44.5 Å². The molecule has 384 valence electrons. The van der Waals surface area contributed by atoms with E-state index in [9.17, 15) is 0 Å². The Bertz CT molecular complexity index is 3770. The molecule has 4 aliphatic rings. The Balaban J connectivity index is 1.20. The summed E-state index contributed by atoms with van der Waals surface area (Å²) >= 11 is 0. The Morgan fingerprint density at radius 2 is 0.558 bits per heavy atom. The molecule has 0 atom stereocenters. The normalized spacial score (nSPS) is 14.9. The molecule has 1 heteroatoms. The third kappa shape index (κ3) is 7.04. The Hall–Kier alpha value is -7.22. The van der Waals surface area contributed by atoms with Gasteiger partial charge < -0.3 is 4.90 Å². The van der Waals surface area contributed by atoms with E-state index in [0.29, 0.717) is 0 Å². The topological polar surface area (TPSA) is 3.24 Å². The van der Waals surface area contributed by atoms with Crippen molar-refractivity contribution in [3.05, 3.63) is 253 Å². The van der Waals surface area contributed by atoms with Gasteiger partial charge in [0.05, 0.1) is 10.8 Å². The van der Waals surface area contributed by atoms with Crippen LogP contribution in [0.15, 0.2) is 170 Å². The minimum absolute atomic E-state index is 0.0375. The van der Waals surface area contributed by atoms with Gasteiger partial charge in [-0.2, -0.15) is 0 Å². The molecule has 1 nitrogen and oxygen atoms in total. The molecule has 0 N–H and O–H groups in total. The number of nitrogens with zero attached hydrogens (tertiary/aromatic N) is 1. The third-order valence-electron chi connectivity index (χ3n) is 18.4. The second kappa shape index (κ2) is 16.4. The summed E-state index contributed by atoms with van der Waals surface area (Å²) in [5, 5.41) is 0. The zero-order chi connectivity index (χ0) is 54.1. The summed E-state index contributed by atoms with van der Waals surface area (Å²) in [6.07, 6.45) is 0.973. The molecule has 77 heavy (non-hydrogen) atoms. The van der Waals surface area contributed by atoms with Gasteiger partial charge in [0.2, 0.25) is 0 Å². The van der Waals surface area contributed by atoms with Gasteiger partial charge in [0.25, 0.3) is 0 Å². The quantitative estimate of drug-likeness (QED) is 0.170. The summed E-state index contributed by atoms with van der Waals surface area (Å²) < 4.78 is 0. The molecule has 0 bridgehead atoms. The highest BCUT2D eigenvalue weighted by atomic mass is 15.1. The van der Waals surface area contributed by atoms with Gasteiger partial charge in [-0.05, 0) is 207 Å². The van der Waals surface area contributed by atoms with Crippen LogP contribution in [0.1, 0.15) is 173 Å². The number of fused-ring (bicyclic) bond motifs is 20. The van der Waals surface area contributed by atoms with Crippen molar-refractivity contribution in [3.8, 4) is 44.5 Å². The fourth-order valence-corrected chi connectivity index (χ4v) is 14.0. The highest BCUT2D eigenvalue weighted by Crippen LogP contribution is 2.69. The van der Waals surface area contributed by atoms with Crippen LogP contribution in [-0.4, -0.2) is 0 Å². The smallest absolute Gasteiger partial charge is 0.0726 e. The van der Waals surface area contributed by atoms with E-state index < -0.39 is 10.8 Å². The van der Waals surface area contributed by atoms with Crippen LogP contribution in [0.3, 0.4) is 0 Å². The fourth-order valence-electron chi connectivity index (χ4n) is 14.0. The summed E-state index contributed by atoms with van der Waals surface area (Å²) in [7, 11) is 0. The Morgan fingerprint density at radius 3 is 0.896 bits per heavy atom. The molecule has 0 unspecified atom stereocenters. The highest BCUT2D eigenvalue weighted by Gasteiger charge is 2.57. The molecule has 9 aromatic carbocycles. The van der Waals surface area contributed by atoms with Crippen molar-refractivity contribution in [3.63, 3.8) is 0 Å². The minimum atomic E-state index is -0.626. The second-order valence-electron chi connectivity index (χ2n) is 27.5. The molecule has 0 saturated heterocycles. The van der Waals surface area contributed by atoms with Gasteiger partial charge in [-0.15, -0.1) is 0 Å². The molecule has 0 heterocycles. The minimum Gasteiger partial charge on any atom is -0.310 e. The third-order valence-corrected chi connectivity index (χ3v) is 18.4. The van der Waals surface area contributed by atoms with E-state index >= 15 is 0 Å². The molecule has 13 rings (SSSR count). The zero-order valence-corrected chi connectivity index (χ0v) is 48.3. The molecular formula is C76H75N. The number of hydrogen-bond donors (Lipinski definition) is 0. The van der Waals surface area contributed by atoms with E-state index in [1.807, 2.05) is 0 Å². The van der Waals surface area contributed by atoms with Crippen molar-refractivity contribution in [1.29, 1.82) is 0 Å². The first-order chi connectivity index (χ1) is 36.4. The van der Waals surface area contributed by atoms with Crippen LogP contribution in [0.4, 0.5) is 17.1 Å². The van der Waals surface area contributed by atoms with E-state index in [4.69, 9.17) is 0 Å². The molecule has 0 amide bonds. The predicted molar refractivity (Wildman–Crippen MR) is 327 cm³/mol. The zero-order valence-electron chi connectivity index (χ0n) is 48.3. The van der Waals surface area contributed by atoms with Crippen molar-refractivity contribution < 1.29 is 0 Å². The molecule has 9 aromatic rings. The average molecular weight is 1000 g/mol. The van der Waals surface area contributed by atoms with Gasteiger partial charge in [0, 0.05) is 17.1 Å². The second-order valence-corrected chi connectivity index (χ2v) is 27.5. The number of anilines is 3. The summed E-state index contributed by atoms with van der Waals surface area (Å²) in [6.45, 7) is 35.1. The maximum absolute atomic E-state index is 2.71. The van der Waals surface area contributed by atoms with E-state index in [-0.39, 0.29) is 21.7 Å². The predicted octanol–water partition coefficient (Wildman–Crippen LogP) is 20.2. The first-order valence-corrected chi connectivity index (χ1v) is 28.5. The van der Waals surface area contributed by atoms with Crippen LogP contribution in [0.5, 0.6) is 0 Å². The molecule has 0 radical (unpaired) electrons. The number of aryl methyl sites for hydroxylation is 3. The summed E-state index contributed by atoms with van der Waals surface area (Å²) in [5.41, 5.74) is 33.3. The first-order valence-electron chi connectivity index (χ1n) is 28.5. The Labute approximate surface area is 460 Å². The standard InChI is InChI=1S/C76H75N/c1-16-47-21-31-59-61-43-70-62(44-69(61)75(63(59)37-47)64-38-48(71(4,5)6)22-32-55(64)56-33-23-49(39-65(56)75)72(7,8)9)60-36-30-54(77(52-26-17-45(2)18-27-52)53-28-19-46(3)20-29-53)42-68(60)76(70)66-40-50(73(10,11)12)24-34-57(66)58-35-25-51(41-67(58)76)74(13,14)15/h17-44H,16H2,1-15H3. The first kappa shape index (κ1) is 49.4. The van der Waals surface area contributed by atoms with Gasteiger partial charge in [-0.3, -0.25) is 0 Å². The van der Waals surface area contributed by atoms with E-state index in [0.717, 1.165) is 23.5 Å². The van der Waals surface area contributed by atoms with Crippen LogP contribution >= 0.6 is 0 Å². The highest BCUT2D eigenvalue weighted by molar-refractivity contribution is 6.02. The lowest BCUT2D eigenvalue weighted by Crippen LogP contribution is -2.29. The molecule has 0 fully saturated rings. The van der Waals surface area contributed by atoms with Crippen molar-refractivity contribution in [1.82, 2.24) is 0 Å². The summed E-state index contributed by atoms with van der Waals surface area (Å²) in [5.74, 6) is 0. The van der Waals surface area contributed by atoms with E-state index in [2.05, 4.69) is 279 Å². The van der Waals surface area contributed by atoms with Gasteiger partial charge >= 0.3 is 0 Å². The van der Waals surface area contributed by atoms with Crippen LogP contribution in [0, 0.1) is 13.8 Å². The van der Waals surface area contributed by atoms with Crippen molar-refractivity contribution >= 4 is 17.1 Å². The van der Waals surface area contributed by atoms with Gasteiger partial charge in [0.15, 0.2) is 0 Å². The van der Waals surface area contributed by atoms with Crippen LogP contribution in [0.2, 0.25) is 0 Å². The van der Waals surface area contributed by atoms with E-state index in [1.54, 1.807) is 0 Å². The lowest BCUT2D eigenvalue weighted by molar-refractivity contribution is 0.586. The monoisotopic (exact) mass is 1000 g/mol. The molecular weight excluding hydrogens is 927 g/mol. The Kier molecular flexibility index (Phi) is 10.5. The van der Waals surface area contributed by atoms with Crippen LogP contribution < -0.4 is 4.90 Å². The SMILES string of the molecule is CCc1ccc2c(c1)C1(c3cc(C(C)(C)C)ccc3-c3ccc(C(C)(C)C)cc31)c1cc3c(cc1-2)C1(c2cc(N(c4ccc(C)cc4)c4ccc(C)cc4)ccc2-3)c2cc(C(C)(C)C)ccc2-c2ccc(C(C)(C)C)cc21. The molecule has 4 aliphatic carbocycles. The lowest BCUT2D eigenvalue weighted by Gasteiger charge is -2.35. The lowest BCUT2D eigenvalue weighted by atomic mass is 9.67. The fraction of sp³-hybridized carbons (Fsp3) is 0.289.